The zero-order chi connectivity index (χ0) is 15.3. The smallest absolute Gasteiger partial charge is 0.122 e. The van der Waals surface area contributed by atoms with Gasteiger partial charge in [-0.15, -0.1) is 0 Å². The first kappa shape index (κ1) is 15.8. The zero-order valence-corrected chi connectivity index (χ0v) is 13.5. The number of hydrogen-bond acceptors (Lipinski definition) is 2. The van der Waals surface area contributed by atoms with Crippen LogP contribution >= 0.6 is 0 Å². The highest BCUT2D eigenvalue weighted by Gasteiger charge is 2.16. The molecule has 114 valence electrons. The molecular weight excluding hydrogens is 258 g/mol. The second-order valence-electron chi connectivity index (χ2n) is 6.57. The molecule has 0 aliphatic heterocycles. The van der Waals surface area contributed by atoms with Gasteiger partial charge in [0.2, 0.25) is 0 Å². The van der Waals surface area contributed by atoms with Crippen LogP contribution in [0.15, 0.2) is 36.4 Å². The Morgan fingerprint density at radius 3 is 2.33 bits per heavy atom. The van der Waals surface area contributed by atoms with Gasteiger partial charge in [-0.1, -0.05) is 38.1 Å². The molecular formula is C19H27NO. The van der Waals surface area contributed by atoms with Gasteiger partial charge in [0.15, 0.2) is 0 Å². The Labute approximate surface area is 128 Å². The van der Waals surface area contributed by atoms with E-state index >= 15 is 0 Å². The highest BCUT2D eigenvalue weighted by atomic mass is 16.5. The van der Waals surface area contributed by atoms with Crippen LogP contribution in [0, 0.1) is 5.41 Å². The van der Waals surface area contributed by atoms with E-state index in [-0.39, 0.29) is 0 Å². The Morgan fingerprint density at radius 1 is 1.05 bits per heavy atom. The summed E-state index contributed by atoms with van der Waals surface area (Å²) >= 11 is 0. The minimum Gasteiger partial charge on any atom is -0.496 e. The molecule has 0 aromatic heterocycles. The number of aryl methyl sites for hydroxylation is 1. The van der Waals surface area contributed by atoms with Crippen LogP contribution in [0.4, 0.5) is 0 Å². The van der Waals surface area contributed by atoms with Crippen LogP contribution in [0.1, 0.15) is 38.7 Å². The maximum Gasteiger partial charge on any atom is 0.122 e. The first-order valence-corrected chi connectivity index (χ1v) is 7.81. The third kappa shape index (κ3) is 4.21. The maximum absolute atomic E-state index is 5.69. The van der Waals surface area contributed by atoms with Crippen molar-refractivity contribution in [3.8, 4) is 5.75 Å². The van der Waals surface area contributed by atoms with E-state index in [1.54, 1.807) is 7.11 Å². The molecule has 0 spiro atoms. The quantitative estimate of drug-likeness (QED) is 0.810. The minimum absolute atomic E-state index is 0.332. The SMILES string of the molecule is COc1cc2ccccc2cc1CCCC(C)(C)CCN. The van der Waals surface area contributed by atoms with Gasteiger partial charge in [0.1, 0.15) is 5.75 Å². The number of methoxy groups -OCH3 is 1. The molecule has 0 saturated heterocycles. The van der Waals surface area contributed by atoms with Crippen molar-refractivity contribution in [2.75, 3.05) is 13.7 Å². The third-order valence-corrected chi connectivity index (χ3v) is 4.27. The van der Waals surface area contributed by atoms with E-state index in [0.29, 0.717) is 5.41 Å². The molecule has 2 rings (SSSR count). The van der Waals surface area contributed by atoms with E-state index in [1.165, 1.54) is 29.2 Å². The molecule has 0 unspecified atom stereocenters. The van der Waals surface area contributed by atoms with Gasteiger partial charge >= 0.3 is 0 Å². The van der Waals surface area contributed by atoms with Crippen molar-refractivity contribution >= 4 is 10.8 Å². The summed E-state index contributed by atoms with van der Waals surface area (Å²) in [6, 6.07) is 12.9. The van der Waals surface area contributed by atoms with E-state index in [1.807, 2.05) is 0 Å². The van der Waals surface area contributed by atoms with Crippen molar-refractivity contribution in [2.45, 2.75) is 39.5 Å². The first-order valence-electron chi connectivity index (χ1n) is 7.81. The molecule has 2 aromatic carbocycles. The van der Waals surface area contributed by atoms with Gasteiger partial charge in [0.25, 0.3) is 0 Å². The van der Waals surface area contributed by atoms with Gasteiger partial charge in [-0.25, -0.2) is 0 Å². The third-order valence-electron chi connectivity index (χ3n) is 4.27. The van der Waals surface area contributed by atoms with Crippen LogP contribution < -0.4 is 10.5 Å². The molecule has 0 fully saturated rings. The predicted octanol–water partition coefficient (Wildman–Crippen LogP) is 4.55. The molecule has 21 heavy (non-hydrogen) atoms. The first-order chi connectivity index (χ1) is 10.1. The molecule has 0 amide bonds. The molecule has 2 N–H and O–H groups in total. The van der Waals surface area contributed by atoms with Crippen molar-refractivity contribution < 1.29 is 4.74 Å². The fraction of sp³-hybridized carbons (Fsp3) is 0.474. The van der Waals surface area contributed by atoms with Crippen LogP contribution in [0.2, 0.25) is 0 Å². The van der Waals surface area contributed by atoms with E-state index in [4.69, 9.17) is 10.5 Å². The normalized spacial score (nSPS) is 11.8. The summed E-state index contributed by atoms with van der Waals surface area (Å²) in [7, 11) is 1.76. The van der Waals surface area contributed by atoms with Crippen LogP contribution in [-0.4, -0.2) is 13.7 Å². The van der Waals surface area contributed by atoms with Crippen molar-refractivity contribution in [3.05, 3.63) is 42.0 Å². The molecule has 2 aromatic rings. The average molecular weight is 285 g/mol. The second kappa shape index (κ2) is 6.95. The van der Waals surface area contributed by atoms with E-state index in [9.17, 15) is 0 Å². The highest BCUT2D eigenvalue weighted by Crippen LogP contribution is 2.30. The topological polar surface area (TPSA) is 35.2 Å². The molecule has 0 bridgehead atoms. The molecule has 2 heteroatoms. The molecule has 0 saturated carbocycles. The monoisotopic (exact) mass is 285 g/mol. The fourth-order valence-corrected chi connectivity index (χ4v) is 2.93. The summed E-state index contributed by atoms with van der Waals surface area (Å²) in [6.45, 7) is 5.38. The van der Waals surface area contributed by atoms with E-state index < -0.39 is 0 Å². The lowest BCUT2D eigenvalue weighted by atomic mass is 9.83. The van der Waals surface area contributed by atoms with Crippen molar-refractivity contribution in [2.24, 2.45) is 11.1 Å². The summed E-state index contributed by atoms with van der Waals surface area (Å²) in [5.74, 6) is 1.00. The van der Waals surface area contributed by atoms with Gasteiger partial charge in [0.05, 0.1) is 7.11 Å². The van der Waals surface area contributed by atoms with Gasteiger partial charge in [-0.2, -0.15) is 0 Å². The largest absolute Gasteiger partial charge is 0.496 e. The number of rotatable bonds is 7. The summed E-state index contributed by atoms with van der Waals surface area (Å²) in [5, 5.41) is 2.52. The predicted molar refractivity (Wildman–Crippen MR) is 90.9 cm³/mol. The molecule has 0 atom stereocenters. The molecule has 0 aliphatic rings. The molecule has 0 heterocycles. The lowest BCUT2D eigenvalue weighted by Crippen LogP contribution is -2.17. The van der Waals surface area contributed by atoms with Crippen LogP contribution in [0.5, 0.6) is 5.75 Å². The average Bonchev–Trinajstić information content (AvgIpc) is 2.46. The standard InChI is InChI=1S/C19H27NO/c1-19(2,11-12-20)10-6-9-17-13-15-7-4-5-8-16(15)14-18(17)21-3/h4-5,7-8,13-14H,6,9-12,20H2,1-3H3. The summed E-state index contributed by atoms with van der Waals surface area (Å²) < 4.78 is 5.56. The maximum atomic E-state index is 5.69. The number of ether oxygens (including phenoxy) is 1. The Kier molecular flexibility index (Phi) is 5.24. The molecule has 0 aliphatic carbocycles. The lowest BCUT2D eigenvalue weighted by molar-refractivity contribution is 0.303. The minimum atomic E-state index is 0.332. The highest BCUT2D eigenvalue weighted by molar-refractivity contribution is 5.85. The number of benzene rings is 2. The van der Waals surface area contributed by atoms with Crippen molar-refractivity contribution in [1.82, 2.24) is 0 Å². The van der Waals surface area contributed by atoms with Crippen molar-refractivity contribution in [1.29, 1.82) is 0 Å². The van der Waals surface area contributed by atoms with Crippen LogP contribution in [0.3, 0.4) is 0 Å². The summed E-state index contributed by atoms with van der Waals surface area (Å²) in [6.07, 6.45) is 4.51. The second-order valence-corrected chi connectivity index (χ2v) is 6.57. The molecule has 2 nitrogen and oxygen atoms in total. The lowest BCUT2D eigenvalue weighted by Gasteiger charge is -2.23. The van der Waals surface area contributed by atoms with Gasteiger partial charge in [-0.05, 0) is 66.1 Å². The summed E-state index contributed by atoms with van der Waals surface area (Å²) in [4.78, 5) is 0. The Hall–Kier alpha value is -1.54. The van der Waals surface area contributed by atoms with Gasteiger partial charge in [-0.3, -0.25) is 0 Å². The Morgan fingerprint density at radius 2 is 1.71 bits per heavy atom. The summed E-state index contributed by atoms with van der Waals surface area (Å²) in [5.41, 5.74) is 7.32. The number of hydrogen-bond donors (Lipinski definition) is 1. The van der Waals surface area contributed by atoms with Crippen molar-refractivity contribution in [3.63, 3.8) is 0 Å². The van der Waals surface area contributed by atoms with Gasteiger partial charge in [0, 0.05) is 0 Å². The van der Waals surface area contributed by atoms with Crippen LogP contribution in [-0.2, 0) is 6.42 Å². The Balaban J connectivity index is 2.10. The van der Waals surface area contributed by atoms with Gasteiger partial charge < -0.3 is 10.5 Å². The van der Waals surface area contributed by atoms with Crippen LogP contribution in [0.25, 0.3) is 10.8 Å². The molecule has 0 radical (unpaired) electrons. The fourth-order valence-electron chi connectivity index (χ4n) is 2.93. The number of fused-ring (bicyclic) bond motifs is 1. The van der Waals surface area contributed by atoms with E-state index in [2.05, 4.69) is 50.2 Å². The Bertz CT molecular complexity index is 589. The zero-order valence-electron chi connectivity index (χ0n) is 13.5. The number of nitrogens with two attached hydrogens (primary N) is 1. The van der Waals surface area contributed by atoms with E-state index in [0.717, 1.165) is 25.1 Å².